The van der Waals surface area contributed by atoms with E-state index in [2.05, 4.69) is 10.4 Å². The molecule has 0 fully saturated rings. The first-order chi connectivity index (χ1) is 15.6. The number of ether oxygens (including phenoxy) is 1. The second kappa shape index (κ2) is 8.52. The second-order valence-electron chi connectivity index (χ2n) is 7.09. The van der Waals surface area contributed by atoms with Crippen LogP contribution in [0.4, 0.5) is 0 Å². The zero-order chi connectivity index (χ0) is 22.1. The Morgan fingerprint density at radius 2 is 2.09 bits per heavy atom. The van der Waals surface area contributed by atoms with Gasteiger partial charge in [0.2, 0.25) is 0 Å². The van der Waals surface area contributed by atoms with Gasteiger partial charge in [-0.3, -0.25) is 19.4 Å². The summed E-state index contributed by atoms with van der Waals surface area (Å²) < 4.78 is 12.6. The van der Waals surface area contributed by atoms with Crippen molar-refractivity contribution in [1.82, 2.24) is 19.8 Å². The standard InChI is InChI=1S/C22H17ClN4O4S/c23-15-5-3-14(4-6-15)17-11-18(19-2-1-8-30-19)27(25-17)20(28)13-31-21(29)10-16-12-26-7-9-32-22(26)24-16/h1-9,11-12,18,25H,10,13H2/t18-/m1/s1. The van der Waals surface area contributed by atoms with Crippen LogP contribution in [0.15, 0.2) is 70.9 Å². The fourth-order valence-electron chi connectivity index (χ4n) is 3.42. The molecule has 1 aliphatic heterocycles. The van der Waals surface area contributed by atoms with Crippen LogP contribution in [0.25, 0.3) is 10.7 Å². The molecule has 0 saturated carbocycles. The minimum atomic E-state index is -0.524. The number of hydrazine groups is 1. The molecule has 10 heteroatoms. The summed E-state index contributed by atoms with van der Waals surface area (Å²) in [7, 11) is 0. The summed E-state index contributed by atoms with van der Waals surface area (Å²) in [6.45, 7) is -0.410. The third-order valence-corrected chi connectivity index (χ3v) is 5.95. The van der Waals surface area contributed by atoms with E-state index >= 15 is 0 Å². The number of halogens is 1. The molecule has 1 atom stereocenters. The maximum absolute atomic E-state index is 12.9. The van der Waals surface area contributed by atoms with Gasteiger partial charge in [0.05, 0.1) is 24.1 Å². The molecule has 4 aromatic rings. The maximum Gasteiger partial charge on any atom is 0.312 e. The van der Waals surface area contributed by atoms with Gasteiger partial charge in [-0.2, -0.15) is 0 Å². The molecule has 0 spiro atoms. The van der Waals surface area contributed by atoms with E-state index in [9.17, 15) is 9.59 Å². The number of nitrogens with zero attached hydrogens (tertiary/aromatic N) is 3. The second-order valence-corrected chi connectivity index (χ2v) is 8.40. The highest BCUT2D eigenvalue weighted by atomic mass is 35.5. The van der Waals surface area contributed by atoms with Crippen LogP contribution in [0.3, 0.4) is 0 Å². The van der Waals surface area contributed by atoms with E-state index in [4.69, 9.17) is 20.8 Å². The van der Waals surface area contributed by atoms with Crippen molar-refractivity contribution in [3.63, 3.8) is 0 Å². The van der Waals surface area contributed by atoms with Crippen LogP contribution in [0.5, 0.6) is 0 Å². The van der Waals surface area contributed by atoms with Crippen molar-refractivity contribution in [2.75, 3.05) is 6.61 Å². The Bertz CT molecular complexity index is 1260. The van der Waals surface area contributed by atoms with Crippen molar-refractivity contribution in [2.45, 2.75) is 12.5 Å². The van der Waals surface area contributed by atoms with Gasteiger partial charge in [0, 0.05) is 22.8 Å². The lowest BCUT2D eigenvalue weighted by Crippen LogP contribution is -2.42. The molecule has 5 rings (SSSR count). The van der Waals surface area contributed by atoms with Gasteiger partial charge in [0.25, 0.3) is 5.91 Å². The number of carbonyl (C=O) groups is 2. The number of fused-ring (bicyclic) bond motifs is 1. The lowest BCUT2D eigenvalue weighted by Gasteiger charge is -2.23. The number of furan rings is 1. The normalized spacial score (nSPS) is 15.6. The predicted molar refractivity (Wildman–Crippen MR) is 119 cm³/mol. The first kappa shape index (κ1) is 20.3. The fraction of sp³-hybridized carbons (Fsp3) is 0.136. The van der Waals surface area contributed by atoms with Crippen LogP contribution in [-0.2, 0) is 20.7 Å². The van der Waals surface area contributed by atoms with Crippen LogP contribution in [0.1, 0.15) is 23.1 Å². The zero-order valence-electron chi connectivity index (χ0n) is 16.6. The molecule has 32 heavy (non-hydrogen) atoms. The summed E-state index contributed by atoms with van der Waals surface area (Å²) in [6, 6.07) is 10.3. The van der Waals surface area contributed by atoms with E-state index in [1.54, 1.807) is 36.7 Å². The van der Waals surface area contributed by atoms with Crippen molar-refractivity contribution in [1.29, 1.82) is 0 Å². The third-order valence-electron chi connectivity index (χ3n) is 4.93. The summed E-state index contributed by atoms with van der Waals surface area (Å²) >= 11 is 7.46. The molecule has 0 unspecified atom stereocenters. The van der Waals surface area contributed by atoms with E-state index in [1.807, 2.05) is 34.2 Å². The van der Waals surface area contributed by atoms with Gasteiger partial charge in [-0.05, 0) is 35.9 Å². The molecular formula is C22H17ClN4O4S. The number of aromatic nitrogens is 2. The van der Waals surface area contributed by atoms with Crippen LogP contribution in [-0.4, -0.2) is 32.9 Å². The number of nitrogens with one attached hydrogen (secondary N) is 1. The Labute approximate surface area is 191 Å². The number of benzene rings is 1. The predicted octanol–water partition coefficient (Wildman–Crippen LogP) is 3.86. The highest BCUT2D eigenvalue weighted by Gasteiger charge is 2.33. The van der Waals surface area contributed by atoms with Gasteiger partial charge in [-0.15, -0.1) is 11.3 Å². The fourth-order valence-corrected chi connectivity index (χ4v) is 4.26. The van der Waals surface area contributed by atoms with E-state index in [-0.39, 0.29) is 6.42 Å². The molecule has 1 N–H and O–H groups in total. The van der Waals surface area contributed by atoms with Gasteiger partial charge < -0.3 is 9.15 Å². The van der Waals surface area contributed by atoms with E-state index in [0.717, 1.165) is 16.2 Å². The molecule has 3 aromatic heterocycles. The first-order valence-corrected chi connectivity index (χ1v) is 11.0. The number of esters is 1. The SMILES string of the molecule is O=C(Cc1cn2ccsc2n1)OCC(=O)N1NC(c2ccc(Cl)cc2)=C[C@@H]1c1ccco1. The number of hydrogen-bond donors (Lipinski definition) is 1. The van der Waals surface area contributed by atoms with Crippen molar-refractivity contribution < 1.29 is 18.7 Å². The van der Waals surface area contributed by atoms with Crippen LogP contribution in [0, 0.1) is 0 Å². The number of thiazole rings is 1. The molecule has 162 valence electrons. The molecule has 0 saturated heterocycles. The minimum Gasteiger partial charge on any atom is -0.467 e. The molecule has 0 bridgehead atoms. The number of rotatable bonds is 6. The van der Waals surface area contributed by atoms with Crippen molar-refractivity contribution in [2.24, 2.45) is 0 Å². The number of hydrogen-bond acceptors (Lipinski definition) is 7. The van der Waals surface area contributed by atoms with Crippen molar-refractivity contribution >= 4 is 45.5 Å². The van der Waals surface area contributed by atoms with E-state index in [1.165, 1.54) is 16.3 Å². The third kappa shape index (κ3) is 4.12. The summed E-state index contributed by atoms with van der Waals surface area (Å²) in [5, 5.41) is 3.92. The number of amides is 1. The largest absolute Gasteiger partial charge is 0.467 e. The van der Waals surface area contributed by atoms with Crippen LogP contribution < -0.4 is 5.43 Å². The van der Waals surface area contributed by atoms with Gasteiger partial charge >= 0.3 is 5.97 Å². The summed E-state index contributed by atoms with van der Waals surface area (Å²) in [6.07, 6.45) is 7.04. The van der Waals surface area contributed by atoms with Gasteiger partial charge in [-0.1, -0.05) is 23.7 Å². The quantitative estimate of drug-likeness (QED) is 0.432. The highest BCUT2D eigenvalue weighted by Crippen LogP contribution is 2.32. The molecule has 1 amide bonds. The van der Waals surface area contributed by atoms with Crippen molar-refractivity contribution in [3.05, 3.63) is 88.6 Å². The average molecular weight is 469 g/mol. The number of imidazole rings is 1. The summed E-state index contributed by atoms with van der Waals surface area (Å²) in [4.78, 5) is 30.3. The van der Waals surface area contributed by atoms with E-state index < -0.39 is 24.5 Å². The Hall–Kier alpha value is -3.56. The first-order valence-electron chi connectivity index (χ1n) is 9.73. The number of carbonyl (C=O) groups excluding carboxylic acids is 2. The van der Waals surface area contributed by atoms with Gasteiger partial charge in [0.15, 0.2) is 11.6 Å². The van der Waals surface area contributed by atoms with Crippen LogP contribution >= 0.6 is 22.9 Å². The molecule has 0 radical (unpaired) electrons. The Kier molecular flexibility index (Phi) is 5.42. The highest BCUT2D eigenvalue weighted by molar-refractivity contribution is 7.15. The molecule has 0 aliphatic carbocycles. The molecule has 4 heterocycles. The van der Waals surface area contributed by atoms with Gasteiger partial charge in [0.1, 0.15) is 11.8 Å². The molecular weight excluding hydrogens is 452 g/mol. The summed E-state index contributed by atoms with van der Waals surface area (Å²) in [5.74, 6) is -0.353. The van der Waals surface area contributed by atoms with E-state index in [0.29, 0.717) is 16.5 Å². The lowest BCUT2D eigenvalue weighted by atomic mass is 10.1. The molecule has 1 aliphatic rings. The summed E-state index contributed by atoms with van der Waals surface area (Å²) in [5.41, 5.74) is 5.26. The molecule has 8 nitrogen and oxygen atoms in total. The Morgan fingerprint density at radius 3 is 2.84 bits per heavy atom. The topological polar surface area (TPSA) is 89.1 Å². The Balaban J connectivity index is 1.25. The average Bonchev–Trinajstić information content (AvgIpc) is 3.55. The monoisotopic (exact) mass is 468 g/mol. The van der Waals surface area contributed by atoms with Crippen molar-refractivity contribution in [3.8, 4) is 0 Å². The minimum absolute atomic E-state index is 0.00893. The van der Waals surface area contributed by atoms with Gasteiger partial charge in [-0.25, -0.2) is 9.99 Å². The smallest absolute Gasteiger partial charge is 0.312 e. The lowest BCUT2D eigenvalue weighted by molar-refractivity contribution is -0.153. The molecule has 1 aromatic carbocycles. The maximum atomic E-state index is 12.9. The zero-order valence-corrected chi connectivity index (χ0v) is 18.2. The Morgan fingerprint density at radius 1 is 1.25 bits per heavy atom. The van der Waals surface area contributed by atoms with Crippen LogP contribution in [0.2, 0.25) is 5.02 Å².